The van der Waals surface area contributed by atoms with E-state index in [1.54, 1.807) is 6.92 Å². The lowest BCUT2D eigenvalue weighted by Crippen LogP contribution is -2.23. The van der Waals surface area contributed by atoms with Crippen LogP contribution in [0.5, 0.6) is 0 Å². The molecule has 0 aliphatic carbocycles. The highest BCUT2D eigenvalue weighted by atomic mass is 32.2. The monoisotopic (exact) mass is 287 g/mol. The Balaban J connectivity index is 2.14. The molecule has 8 heteroatoms. The second-order valence-electron chi connectivity index (χ2n) is 3.93. The number of aromatic nitrogens is 2. The summed E-state index contributed by atoms with van der Waals surface area (Å²) in [5.41, 5.74) is 0.724. The van der Waals surface area contributed by atoms with Crippen LogP contribution in [0.1, 0.15) is 11.3 Å². The first-order valence-corrected chi connectivity index (χ1v) is 6.82. The van der Waals surface area contributed by atoms with Gasteiger partial charge >= 0.3 is 0 Å². The van der Waals surface area contributed by atoms with Gasteiger partial charge in [0.15, 0.2) is 11.6 Å². The average Bonchev–Trinajstić information content (AvgIpc) is 2.78. The fourth-order valence-corrected chi connectivity index (χ4v) is 2.67. The highest BCUT2D eigenvalue weighted by molar-refractivity contribution is 7.89. The minimum Gasteiger partial charge on any atom is -0.281 e. The molecule has 0 saturated heterocycles. The molecule has 2 rings (SSSR count). The van der Waals surface area contributed by atoms with E-state index in [0.29, 0.717) is 11.3 Å². The van der Waals surface area contributed by atoms with Crippen LogP contribution in [0.4, 0.5) is 8.78 Å². The molecule has 0 radical (unpaired) electrons. The molecule has 0 fully saturated rings. The number of benzene rings is 1. The lowest BCUT2D eigenvalue weighted by atomic mass is 10.2. The van der Waals surface area contributed by atoms with E-state index in [2.05, 4.69) is 14.9 Å². The van der Waals surface area contributed by atoms with Gasteiger partial charge in [0, 0.05) is 6.54 Å². The smallest absolute Gasteiger partial charge is 0.244 e. The fourth-order valence-electron chi connectivity index (χ4n) is 1.52. The van der Waals surface area contributed by atoms with Gasteiger partial charge in [0.05, 0.1) is 11.9 Å². The maximum Gasteiger partial charge on any atom is 0.244 e. The van der Waals surface area contributed by atoms with Gasteiger partial charge in [-0.05, 0) is 24.6 Å². The Labute approximate surface area is 108 Å². The zero-order valence-corrected chi connectivity index (χ0v) is 10.8. The van der Waals surface area contributed by atoms with Gasteiger partial charge in [-0.3, -0.25) is 5.10 Å². The Hall–Kier alpha value is -1.80. The molecule has 0 saturated carbocycles. The number of H-pyrrole nitrogens is 1. The van der Waals surface area contributed by atoms with Crippen molar-refractivity contribution in [1.29, 1.82) is 0 Å². The molecular weight excluding hydrogens is 276 g/mol. The first-order valence-electron chi connectivity index (χ1n) is 5.34. The van der Waals surface area contributed by atoms with Crippen molar-refractivity contribution in [2.45, 2.75) is 18.4 Å². The molecule has 0 spiro atoms. The average molecular weight is 287 g/mol. The molecule has 1 heterocycles. The molecule has 0 amide bonds. The normalized spacial score (nSPS) is 11.7. The van der Waals surface area contributed by atoms with Crippen LogP contribution in [0.2, 0.25) is 0 Å². The molecule has 2 N–H and O–H groups in total. The largest absolute Gasteiger partial charge is 0.281 e. The topological polar surface area (TPSA) is 74.8 Å². The lowest BCUT2D eigenvalue weighted by molar-refractivity contribution is 0.506. The highest BCUT2D eigenvalue weighted by Gasteiger charge is 2.18. The van der Waals surface area contributed by atoms with Crippen LogP contribution in [-0.4, -0.2) is 18.6 Å². The molecule has 5 nitrogen and oxygen atoms in total. The number of hydrogen-bond acceptors (Lipinski definition) is 3. The van der Waals surface area contributed by atoms with Gasteiger partial charge in [-0.2, -0.15) is 5.10 Å². The molecule has 0 aliphatic rings. The van der Waals surface area contributed by atoms with Crippen LogP contribution in [-0.2, 0) is 16.6 Å². The maximum absolute atomic E-state index is 13.0. The van der Waals surface area contributed by atoms with Crippen molar-refractivity contribution in [2.24, 2.45) is 0 Å². The first kappa shape index (κ1) is 13.6. The summed E-state index contributed by atoms with van der Waals surface area (Å²) < 4.78 is 51.8. The molecule has 0 unspecified atom stereocenters. The number of hydrogen-bond donors (Lipinski definition) is 2. The van der Waals surface area contributed by atoms with Crippen molar-refractivity contribution in [3.8, 4) is 0 Å². The summed E-state index contributed by atoms with van der Waals surface area (Å²) in [6.45, 7) is 1.43. The van der Waals surface area contributed by atoms with Crippen LogP contribution < -0.4 is 4.72 Å². The van der Waals surface area contributed by atoms with E-state index in [4.69, 9.17) is 0 Å². The summed E-state index contributed by atoms with van der Waals surface area (Å²) in [5, 5.41) is 6.13. The van der Waals surface area contributed by atoms with Crippen LogP contribution in [0.15, 0.2) is 29.3 Å². The van der Waals surface area contributed by atoms with Gasteiger partial charge in [0.2, 0.25) is 10.0 Å². The summed E-state index contributed by atoms with van der Waals surface area (Å²) in [4.78, 5) is 0.0232. The molecule has 19 heavy (non-hydrogen) atoms. The van der Waals surface area contributed by atoms with E-state index in [1.807, 2.05) is 0 Å². The van der Waals surface area contributed by atoms with Gasteiger partial charge in [-0.15, -0.1) is 0 Å². The highest BCUT2D eigenvalue weighted by Crippen LogP contribution is 2.13. The van der Waals surface area contributed by atoms with Crippen LogP contribution >= 0.6 is 0 Å². The molecule has 0 atom stereocenters. The molecule has 0 aliphatic heterocycles. The summed E-state index contributed by atoms with van der Waals surface area (Å²) in [5.74, 6) is -1.99. The summed E-state index contributed by atoms with van der Waals surface area (Å²) in [6.07, 6.45) is 1.18. The Morgan fingerprint density at radius 3 is 2.63 bits per heavy atom. The lowest BCUT2D eigenvalue weighted by Gasteiger charge is -2.06. The second kappa shape index (κ2) is 5.06. The van der Waals surface area contributed by atoms with Crippen molar-refractivity contribution < 1.29 is 17.2 Å². The second-order valence-corrected chi connectivity index (χ2v) is 5.67. The molecule has 2 aromatic rings. The third-order valence-corrected chi connectivity index (χ3v) is 4.04. The van der Waals surface area contributed by atoms with Crippen LogP contribution in [0, 0.1) is 18.6 Å². The van der Waals surface area contributed by atoms with E-state index in [1.165, 1.54) is 12.3 Å². The minimum atomic E-state index is -3.73. The number of aromatic amines is 1. The van der Waals surface area contributed by atoms with E-state index in [0.717, 1.165) is 12.1 Å². The van der Waals surface area contributed by atoms with Crippen molar-refractivity contribution in [3.05, 3.63) is 47.3 Å². The Morgan fingerprint density at radius 1 is 1.32 bits per heavy atom. The SMILES string of the molecule is Cc1[nH]ncc1S(=O)(=O)NCc1ccc(F)c(F)c1. The Kier molecular flexibility index (Phi) is 3.63. The molecular formula is C11H11F2N3O2S. The molecule has 102 valence electrons. The zero-order valence-electron chi connectivity index (χ0n) is 9.94. The quantitative estimate of drug-likeness (QED) is 0.894. The summed E-state index contributed by atoms with van der Waals surface area (Å²) in [6, 6.07) is 3.20. The standard InChI is InChI=1S/C11H11F2N3O2S/c1-7-11(6-14-16-7)19(17,18)15-5-8-2-3-9(12)10(13)4-8/h2-4,6,15H,5H2,1H3,(H,14,16). The fraction of sp³-hybridized carbons (Fsp3) is 0.182. The molecule has 1 aromatic carbocycles. The predicted octanol–water partition coefficient (Wildman–Crippen LogP) is 1.47. The minimum absolute atomic E-state index is 0.0232. The number of nitrogens with zero attached hydrogens (tertiary/aromatic N) is 1. The van der Waals surface area contributed by atoms with Crippen LogP contribution in [0.3, 0.4) is 0 Å². The van der Waals surface area contributed by atoms with Crippen molar-refractivity contribution >= 4 is 10.0 Å². The van der Waals surface area contributed by atoms with E-state index < -0.39 is 21.7 Å². The third-order valence-electron chi connectivity index (χ3n) is 2.52. The van der Waals surface area contributed by atoms with Gasteiger partial charge in [-0.25, -0.2) is 21.9 Å². The third kappa shape index (κ3) is 2.96. The number of sulfonamides is 1. The van der Waals surface area contributed by atoms with Crippen LogP contribution in [0.25, 0.3) is 0 Å². The van der Waals surface area contributed by atoms with Crippen molar-refractivity contribution in [3.63, 3.8) is 0 Å². The van der Waals surface area contributed by atoms with Crippen molar-refractivity contribution in [2.75, 3.05) is 0 Å². The number of halogens is 2. The van der Waals surface area contributed by atoms with Crippen molar-refractivity contribution in [1.82, 2.24) is 14.9 Å². The zero-order chi connectivity index (χ0) is 14.0. The van der Waals surface area contributed by atoms with E-state index >= 15 is 0 Å². The van der Waals surface area contributed by atoms with E-state index in [9.17, 15) is 17.2 Å². The first-order chi connectivity index (χ1) is 8.90. The number of rotatable bonds is 4. The summed E-state index contributed by atoms with van der Waals surface area (Å²) in [7, 11) is -3.73. The van der Waals surface area contributed by atoms with Gasteiger partial charge in [-0.1, -0.05) is 6.07 Å². The summed E-state index contributed by atoms with van der Waals surface area (Å²) >= 11 is 0. The predicted molar refractivity (Wildman–Crippen MR) is 63.7 cm³/mol. The molecule has 0 bridgehead atoms. The number of nitrogens with one attached hydrogen (secondary N) is 2. The Morgan fingerprint density at radius 2 is 2.05 bits per heavy atom. The molecule has 1 aromatic heterocycles. The van der Waals surface area contributed by atoms with Gasteiger partial charge in [0.1, 0.15) is 4.90 Å². The Bertz CT molecular complexity index is 698. The maximum atomic E-state index is 13.0. The number of aryl methyl sites for hydroxylation is 1. The van der Waals surface area contributed by atoms with Gasteiger partial charge < -0.3 is 0 Å². The van der Waals surface area contributed by atoms with Gasteiger partial charge in [0.25, 0.3) is 0 Å². The van der Waals surface area contributed by atoms with E-state index in [-0.39, 0.29) is 11.4 Å².